The summed E-state index contributed by atoms with van der Waals surface area (Å²) in [6, 6.07) is 8.60. The van der Waals surface area contributed by atoms with Crippen molar-refractivity contribution in [3.05, 3.63) is 65.5 Å². The number of hydrazine groups is 1. The summed E-state index contributed by atoms with van der Waals surface area (Å²) in [5, 5.41) is 0. The molecule has 2 aromatic rings. The number of nitrogens with two attached hydrogens (primary N) is 1. The van der Waals surface area contributed by atoms with Crippen LogP contribution in [0.5, 0.6) is 0 Å². The Balaban J connectivity index is 2.21. The van der Waals surface area contributed by atoms with Gasteiger partial charge < -0.3 is 0 Å². The van der Waals surface area contributed by atoms with Crippen LogP contribution in [-0.2, 0) is 6.42 Å². The van der Waals surface area contributed by atoms with Crippen molar-refractivity contribution in [3.63, 3.8) is 0 Å². The molecule has 3 nitrogen and oxygen atoms in total. The largest absolute Gasteiger partial charge is 0.271 e. The van der Waals surface area contributed by atoms with Crippen LogP contribution in [0.2, 0.25) is 0 Å². The standard InChI is InChI=1S/C13H13F2N3/c14-10-5-4-9(11(15)8-10)7-13(18-16)12-3-1-2-6-17-12/h1-6,8,13,18H,7,16H2. The van der Waals surface area contributed by atoms with Crippen molar-refractivity contribution in [1.29, 1.82) is 0 Å². The van der Waals surface area contributed by atoms with E-state index < -0.39 is 11.6 Å². The van der Waals surface area contributed by atoms with E-state index in [9.17, 15) is 8.78 Å². The maximum atomic E-state index is 13.5. The van der Waals surface area contributed by atoms with Crippen molar-refractivity contribution < 1.29 is 8.78 Å². The molecule has 0 amide bonds. The molecule has 3 N–H and O–H groups in total. The highest BCUT2D eigenvalue weighted by molar-refractivity contribution is 5.22. The molecule has 0 radical (unpaired) electrons. The highest BCUT2D eigenvalue weighted by Gasteiger charge is 2.14. The third-order valence-corrected chi connectivity index (χ3v) is 2.69. The zero-order valence-electron chi connectivity index (χ0n) is 9.61. The van der Waals surface area contributed by atoms with E-state index in [0.717, 1.165) is 6.07 Å². The molecule has 1 atom stereocenters. The van der Waals surface area contributed by atoms with Gasteiger partial charge in [0.2, 0.25) is 0 Å². The minimum Gasteiger partial charge on any atom is -0.271 e. The molecule has 1 heterocycles. The maximum absolute atomic E-state index is 13.5. The van der Waals surface area contributed by atoms with E-state index in [1.807, 2.05) is 6.07 Å². The molecule has 0 saturated carbocycles. The lowest BCUT2D eigenvalue weighted by Crippen LogP contribution is -2.30. The Bertz CT molecular complexity index is 517. The summed E-state index contributed by atoms with van der Waals surface area (Å²) in [4.78, 5) is 4.15. The molecule has 5 heteroatoms. The van der Waals surface area contributed by atoms with Crippen LogP contribution in [0.25, 0.3) is 0 Å². The van der Waals surface area contributed by atoms with Crippen molar-refractivity contribution in [2.24, 2.45) is 5.84 Å². The molecular formula is C13H13F2N3. The van der Waals surface area contributed by atoms with E-state index in [-0.39, 0.29) is 6.04 Å². The Morgan fingerprint density at radius 3 is 2.67 bits per heavy atom. The molecule has 0 bridgehead atoms. The first-order valence-electron chi connectivity index (χ1n) is 5.51. The summed E-state index contributed by atoms with van der Waals surface area (Å²) in [6.45, 7) is 0. The summed E-state index contributed by atoms with van der Waals surface area (Å²) in [5.41, 5.74) is 3.69. The molecule has 2 rings (SSSR count). The molecule has 1 unspecified atom stereocenters. The van der Waals surface area contributed by atoms with Gasteiger partial charge in [0, 0.05) is 12.3 Å². The van der Waals surface area contributed by atoms with Gasteiger partial charge in [0.05, 0.1) is 11.7 Å². The summed E-state index contributed by atoms with van der Waals surface area (Å²) < 4.78 is 26.3. The third kappa shape index (κ3) is 2.88. The van der Waals surface area contributed by atoms with E-state index in [1.54, 1.807) is 18.3 Å². The van der Waals surface area contributed by atoms with Gasteiger partial charge in [-0.05, 0) is 30.2 Å². The molecular weight excluding hydrogens is 236 g/mol. The van der Waals surface area contributed by atoms with E-state index in [4.69, 9.17) is 5.84 Å². The monoisotopic (exact) mass is 249 g/mol. The molecule has 18 heavy (non-hydrogen) atoms. The number of rotatable bonds is 4. The summed E-state index contributed by atoms with van der Waals surface area (Å²) in [7, 11) is 0. The molecule has 0 aliphatic rings. The van der Waals surface area contributed by atoms with Gasteiger partial charge in [0.25, 0.3) is 0 Å². The van der Waals surface area contributed by atoms with Gasteiger partial charge in [0.1, 0.15) is 11.6 Å². The summed E-state index contributed by atoms with van der Waals surface area (Å²) in [6.07, 6.45) is 1.94. The Morgan fingerprint density at radius 1 is 1.22 bits per heavy atom. The van der Waals surface area contributed by atoms with Crippen LogP contribution in [0, 0.1) is 11.6 Å². The second-order valence-electron chi connectivity index (χ2n) is 3.91. The van der Waals surface area contributed by atoms with Gasteiger partial charge in [-0.15, -0.1) is 0 Å². The van der Waals surface area contributed by atoms with Crippen molar-refractivity contribution in [2.45, 2.75) is 12.5 Å². The number of pyridine rings is 1. The maximum Gasteiger partial charge on any atom is 0.129 e. The van der Waals surface area contributed by atoms with Crippen LogP contribution in [0.1, 0.15) is 17.3 Å². The highest BCUT2D eigenvalue weighted by atomic mass is 19.1. The number of hydrogen-bond acceptors (Lipinski definition) is 3. The van der Waals surface area contributed by atoms with Crippen molar-refractivity contribution in [1.82, 2.24) is 10.4 Å². The summed E-state index contributed by atoms with van der Waals surface area (Å²) >= 11 is 0. The lowest BCUT2D eigenvalue weighted by molar-refractivity contribution is 0.513. The van der Waals surface area contributed by atoms with Crippen molar-refractivity contribution in [3.8, 4) is 0 Å². The summed E-state index contributed by atoms with van der Waals surface area (Å²) in [5.74, 6) is 4.28. The zero-order valence-corrected chi connectivity index (χ0v) is 9.61. The molecule has 0 aliphatic carbocycles. The second kappa shape index (κ2) is 5.66. The first-order valence-corrected chi connectivity index (χ1v) is 5.51. The lowest BCUT2D eigenvalue weighted by atomic mass is 10.0. The van der Waals surface area contributed by atoms with Crippen LogP contribution >= 0.6 is 0 Å². The van der Waals surface area contributed by atoms with Gasteiger partial charge in [-0.2, -0.15) is 0 Å². The number of nitrogens with zero attached hydrogens (tertiary/aromatic N) is 1. The number of nitrogens with one attached hydrogen (secondary N) is 1. The Morgan fingerprint density at radius 2 is 2.06 bits per heavy atom. The van der Waals surface area contributed by atoms with Crippen molar-refractivity contribution >= 4 is 0 Å². The van der Waals surface area contributed by atoms with Gasteiger partial charge in [0.15, 0.2) is 0 Å². The Kier molecular flexibility index (Phi) is 3.96. The molecule has 0 aliphatic heterocycles. The number of benzene rings is 1. The fourth-order valence-corrected chi connectivity index (χ4v) is 1.74. The molecule has 1 aromatic heterocycles. The smallest absolute Gasteiger partial charge is 0.129 e. The third-order valence-electron chi connectivity index (χ3n) is 2.69. The zero-order chi connectivity index (χ0) is 13.0. The fraction of sp³-hybridized carbons (Fsp3) is 0.154. The van der Waals surface area contributed by atoms with Gasteiger partial charge >= 0.3 is 0 Å². The average Bonchev–Trinajstić information content (AvgIpc) is 2.39. The Labute approximate surface area is 104 Å². The predicted octanol–water partition coefficient (Wildman–Crippen LogP) is 2.11. The van der Waals surface area contributed by atoms with Crippen LogP contribution in [0.4, 0.5) is 8.78 Å². The SMILES string of the molecule is NNC(Cc1ccc(F)cc1F)c1ccccn1. The van der Waals surface area contributed by atoms with Crippen molar-refractivity contribution in [2.75, 3.05) is 0 Å². The van der Waals surface area contributed by atoms with E-state index in [2.05, 4.69) is 10.4 Å². The average molecular weight is 249 g/mol. The number of aromatic nitrogens is 1. The van der Waals surface area contributed by atoms with E-state index >= 15 is 0 Å². The van der Waals surface area contributed by atoms with Gasteiger partial charge in [-0.1, -0.05) is 12.1 Å². The van der Waals surface area contributed by atoms with E-state index in [0.29, 0.717) is 17.7 Å². The minimum absolute atomic E-state index is 0.305. The second-order valence-corrected chi connectivity index (χ2v) is 3.91. The van der Waals surface area contributed by atoms with Crippen LogP contribution < -0.4 is 11.3 Å². The minimum atomic E-state index is -0.591. The number of halogens is 2. The van der Waals surface area contributed by atoms with E-state index in [1.165, 1.54) is 12.1 Å². The topological polar surface area (TPSA) is 50.9 Å². The lowest BCUT2D eigenvalue weighted by Gasteiger charge is -2.15. The molecule has 0 spiro atoms. The quantitative estimate of drug-likeness (QED) is 0.644. The van der Waals surface area contributed by atoms with Gasteiger partial charge in [-0.3, -0.25) is 16.3 Å². The van der Waals surface area contributed by atoms with Crippen LogP contribution in [-0.4, -0.2) is 4.98 Å². The molecule has 94 valence electrons. The number of hydrogen-bond donors (Lipinski definition) is 2. The molecule has 1 aromatic carbocycles. The fourth-order valence-electron chi connectivity index (χ4n) is 1.74. The van der Waals surface area contributed by atoms with Gasteiger partial charge in [-0.25, -0.2) is 8.78 Å². The predicted molar refractivity (Wildman–Crippen MR) is 64.4 cm³/mol. The van der Waals surface area contributed by atoms with Crippen LogP contribution in [0.3, 0.4) is 0 Å². The van der Waals surface area contributed by atoms with Crippen LogP contribution in [0.15, 0.2) is 42.6 Å². The highest BCUT2D eigenvalue weighted by Crippen LogP contribution is 2.18. The molecule has 0 fully saturated rings. The normalized spacial score (nSPS) is 12.4. The first-order chi connectivity index (χ1) is 8.70. The molecule has 0 saturated heterocycles. The Hall–Kier alpha value is -1.85. The first kappa shape index (κ1) is 12.6.